The minimum absolute atomic E-state index is 0.0389. The van der Waals surface area contributed by atoms with Crippen LogP contribution in [0.5, 0.6) is 5.75 Å². The molecule has 0 spiro atoms. The lowest BCUT2D eigenvalue weighted by Gasteiger charge is -2.07. The third-order valence-corrected chi connectivity index (χ3v) is 2.70. The Morgan fingerprint density at radius 1 is 1.33 bits per heavy atom. The lowest BCUT2D eigenvalue weighted by molar-refractivity contribution is -0.384. The molecule has 0 bridgehead atoms. The normalized spacial score (nSPS) is 9.95. The summed E-state index contributed by atoms with van der Waals surface area (Å²) in [5, 5.41) is 13.4. The van der Waals surface area contributed by atoms with E-state index >= 15 is 0 Å². The molecule has 0 unspecified atom stereocenters. The van der Waals surface area contributed by atoms with E-state index in [0.29, 0.717) is 5.75 Å². The van der Waals surface area contributed by atoms with Gasteiger partial charge in [0.2, 0.25) is 5.56 Å². The zero-order valence-electron chi connectivity index (χ0n) is 11.0. The molecule has 0 saturated carbocycles. The predicted octanol–water partition coefficient (Wildman–Crippen LogP) is 1.54. The topological polar surface area (TPSA) is 114 Å². The fourth-order valence-electron chi connectivity index (χ4n) is 1.64. The number of hydrogen-bond donors (Lipinski definition) is 2. The number of aromatic nitrogens is 1. The van der Waals surface area contributed by atoms with E-state index in [0.717, 1.165) is 0 Å². The fourth-order valence-corrected chi connectivity index (χ4v) is 1.64. The molecule has 108 valence electrons. The number of anilines is 1. The number of nitro benzene ring substituents is 1. The molecule has 1 aromatic carbocycles. The first-order chi connectivity index (χ1) is 10.0. The molecule has 0 aliphatic rings. The van der Waals surface area contributed by atoms with Crippen molar-refractivity contribution in [2.24, 2.45) is 0 Å². The number of benzene rings is 1. The van der Waals surface area contributed by atoms with Gasteiger partial charge in [-0.25, -0.2) is 0 Å². The number of ether oxygens (including phenoxy) is 1. The molecule has 8 nitrogen and oxygen atoms in total. The number of pyridine rings is 1. The number of hydrogen-bond acceptors (Lipinski definition) is 5. The number of carbonyl (C=O) groups excluding carboxylic acids is 1. The van der Waals surface area contributed by atoms with Gasteiger partial charge in [0.05, 0.1) is 23.7 Å². The minimum Gasteiger partial charge on any atom is -0.496 e. The Hall–Kier alpha value is -3.16. The molecular weight excluding hydrogens is 278 g/mol. The van der Waals surface area contributed by atoms with E-state index in [4.69, 9.17) is 4.74 Å². The second kappa shape index (κ2) is 5.87. The van der Waals surface area contributed by atoms with E-state index in [1.807, 2.05) is 0 Å². The quantitative estimate of drug-likeness (QED) is 0.654. The van der Waals surface area contributed by atoms with E-state index in [9.17, 15) is 19.7 Å². The third-order valence-electron chi connectivity index (χ3n) is 2.70. The van der Waals surface area contributed by atoms with Gasteiger partial charge < -0.3 is 15.0 Å². The maximum absolute atomic E-state index is 12.0. The molecule has 0 fully saturated rings. The average molecular weight is 289 g/mol. The Morgan fingerprint density at radius 2 is 2.10 bits per heavy atom. The number of nitrogens with one attached hydrogen (secondary N) is 2. The minimum atomic E-state index is -0.620. The molecule has 0 aliphatic heterocycles. The molecule has 0 saturated heterocycles. The molecule has 0 atom stereocenters. The van der Waals surface area contributed by atoms with Crippen molar-refractivity contribution < 1.29 is 14.5 Å². The lowest BCUT2D eigenvalue weighted by Crippen LogP contribution is -2.15. The fraction of sp³-hybridized carbons (Fsp3) is 0.0769. The van der Waals surface area contributed by atoms with Crippen LogP contribution in [0.25, 0.3) is 0 Å². The first-order valence-corrected chi connectivity index (χ1v) is 5.84. The zero-order chi connectivity index (χ0) is 15.4. The second-order valence-corrected chi connectivity index (χ2v) is 4.04. The van der Waals surface area contributed by atoms with Crippen LogP contribution in [0.4, 0.5) is 11.4 Å². The Balaban J connectivity index is 2.30. The van der Waals surface area contributed by atoms with Gasteiger partial charge in [0.15, 0.2) is 0 Å². The molecule has 0 aliphatic carbocycles. The number of rotatable bonds is 4. The molecule has 0 radical (unpaired) electrons. The highest BCUT2D eigenvalue weighted by Gasteiger charge is 2.17. The SMILES string of the molecule is COc1ccc(NC(=O)c2ccc(=O)[nH]c2)c([N+](=O)[O-])c1. The van der Waals surface area contributed by atoms with Crippen LogP contribution in [0.3, 0.4) is 0 Å². The summed E-state index contributed by atoms with van der Waals surface area (Å²) in [6.45, 7) is 0. The molecule has 1 heterocycles. The highest BCUT2D eigenvalue weighted by atomic mass is 16.6. The third kappa shape index (κ3) is 3.24. The van der Waals surface area contributed by atoms with Crippen molar-refractivity contribution in [3.8, 4) is 5.75 Å². The van der Waals surface area contributed by atoms with Crippen LogP contribution in [0.2, 0.25) is 0 Å². The summed E-state index contributed by atoms with van der Waals surface area (Å²) in [5.74, 6) is -0.261. The van der Waals surface area contributed by atoms with Crippen LogP contribution in [0, 0.1) is 10.1 Å². The summed E-state index contributed by atoms with van der Waals surface area (Å²) in [6.07, 6.45) is 1.23. The Bertz CT molecular complexity index is 733. The predicted molar refractivity (Wildman–Crippen MR) is 74.7 cm³/mol. The number of carbonyl (C=O) groups is 1. The van der Waals surface area contributed by atoms with Crippen LogP contribution in [-0.4, -0.2) is 22.9 Å². The Kier molecular flexibility index (Phi) is 3.98. The van der Waals surface area contributed by atoms with Crippen LogP contribution >= 0.6 is 0 Å². The van der Waals surface area contributed by atoms with Crippen molar-refractivity contribution >= 4 is 17.3 Å². The number of amides is 1. The first-order valence-electron chi connectivity index (χ1n) is 5.84. The number of H-pyrrole nitrogens is 1. The van der Waals surface area contributed by atoms with Gasteiger partial charge in [0, 0.05) is 12.3 Å². The van der Waals surface area contributed by atoms with Gasteiger partial charge in [-0.1, -0.05) is 0 Å². The van der Waals surface area contributed by atoms with Crippen molar-refractivity contribution in [1.82, 2.24) is 4.98 Å². The molecule has 2 aromatic rings. The standard InChI is InChI=1S/C13H11N3O5/c1-21-9-3-4-10(11(6-9)16(19)20)15-13(18)8-2-5-12(17)14-7-8/h2-7H,1H3,(H,14,17)(H,15,18). The van der Waals surface area contributed by atoms with Gasteiger partial charge in [-0.15, -0.1) is 0 Å². The van der Waals surface area contributed by atoms with Crippen LogP contribution in [0.15, 0.2) is 41.3 Å². The van der Waals surface area contributed by atoms with E-state index in [1.165, 1.54) is 43.6 Å². The summed E-state index contributed by atoms with van der Waals surface area (Å²) in [7, 11) is 1.39. The van der Waals surface area contributed by atoms with E-state index in [1.54, 1.807) is 0 Å². The molecule has 1 amide bonds. The van der Waals surface area contributed by atoms with E-state index in [-0.39, 0.29) is 22.5 Å². The molecule has 2 N–H and O–H groups in total. The first kappa shape index (κ1) is 14.3. The van der Waals surface area contributed by atoms with Crippen LogP contribution < -0.4 is 15.6 Å². The van der Waals surface area contributed by atoms with Gasteiger partial charge >= 0.3 is 0 Å². The maximum atomic E-state index is 12.0. The van der Waals surface area contributed by atoms with Gasteiger partial charge in [-0.2, -0.15) is 0 Å². The van der Waals surface area contributed by atoms with Crippen molar-refractivity contribution in [2.75, 3.05) is 12.4 Å². The van der Waals surface area contributed by atoms with Gasteiger partial charge in [0.25, 0.3) is 11.6 Å². The maximum Gasteiger partial charge on any atom is 0.296 e. The summed E-state index contributed by atoms with van der Waals surface area (Å²) < 4.78 is 4.91. The number of aromatic amines is 1. The molecule has 2 rings (SSSR count). The smallest absolute Gasteiger partial charge is 0.296 e. The van der Waals surface area contributed by atoms with E-state index < -0.39 is 10.8 Å². The molecule has 1 aromatic heterocycles. The molecular formula is C13H11N3O5. The second-order valence-electron chi connectivity index (χ2n) is 4.04. The average Bonchev–Trinajstić information content (AvgIpc) is 2.48. The summed E-state index contributed by atoms with van der Waals surface area (Å²) in [6, 6.07) is 6.60. The molecule has 21 heavy (non-hydrogen) atoms. The van der Waals surface area contributed by atoms with Crippen molar-refractivity contribution in [3.63, 3.8) is 0 Å². The highest BCUT2D eigenvalue weighted by Crippen LogP contribution is 2.29. The number of nitrogens with zero attached hydrogens (tertiary/aromatic N) is 1. The summed E-state index contributed by atoms with van der Waals surface area (Å²) in [5.41, 5.74) is -0.411. The van der Waals surface area contributed by atoms with Crippen LogP contribution in [0.1, 0.15) is 10.4 Å². The zero-order valence-corrected chi connectivity index (χ0v) is 11.0. The van der Waals surface area contributed by atoms with Crippen molar-refractivity contribution in [1.29, 1.82) is 0 Å². The Morgan fingerprint density at radius 3 is 2.67 bits per heavy atom. The monoisotopic (exact) mass is 289 g/mol. The Labute approximate surface area is 118 Å². The largest absolute Gasteiger partial charge is 0.496 e. The van der Waals surface area contributed by atoms with Gasteiger partial charge in [-0.3, -0.25) is 19.7 Å². The summed E-state index contributed by atoms with van der Waals surface area (Å²) in [4.78, 5) is 35.6. The van der Waals surface area contributed by atoms with Gasteiger partial charge in [0.1, 0.15) is 11.4 Å². The van der Waals surface area contributed by atoms with Crippen molar-refractivity contribution in [3.05, 3.63) is 62.6 Å². The lowest BCUT2D eigenvalue weighted by atomic mass is 10.2. The van der Waals surface area contributed by atoms with E-state index in [2.05, 4.69) is 10.3 Å². The summed E-state index contributed by atoms with van der Waals surface area (Å²) >= 11 is 0. The van der Waals surface area contributed by atoms with Gasteiger partial charge in [-0.05, 0) is 18.2 Å². The van der Waals surface area contributed by atoms with Crippen LogP contribution in [-0.2, 0) is 0 Å². The molecule has 8 heteroatoms. The highest BCUT2D eigenvalue weighted by molar-refractivity contribution is 6.05. The number of nitro groups is 1. The van der Waals surface area contributed by atoms with Crippen molar-refractivity contribution in [2.45, 2.75) is 0 Å². The number of methoxy groups -OCH3 is 1.